The van der Waals surface area contributed by atoms with Crippen LogP contribution in [0.15, 0.2) is 66.4 Å². The van der Waals surface area contributed by atoms with E-state index in [9.17, 15) is 4.79 Å². The third kappa shape index (κ3) is 4.98. The van der Waals surface area contributed by atoms with Gasteiger partial charge < -0.3 is 15.4 Å². The Bertz CT molecular complexity index is 634. The molecule has 0 radical (unpaired) electrons. The Kier molecular flexibility index (Phi) is 5.60. The molecule has 2 rings (SSSR count). The molecule has 2 N–H and O–H groups in total. The van der Waals surface area contributed by atoms with Crippen molar-refractivity contribution in [2.45, 2.75) is 13.5 Å². The van der Waals surface area contributed by atoms with Crippen LogP contribution < -0.4 is 15.4 Å². The number of methoxy groups -OCH3 is 1. The molecule has 0 aliphatic carbocycles. The van der Waals surface area contributed by atoms with E-state index in [0.29, 0.717) is 6.54 Å². The highest BCUT2D eigenvalue weighted by molar-refractivity contribution is 5.99. The van der Waals surface area contributed by atoms with Crippen molar-refractivity contribution in [1.29, 1.82) is 0 Å². The summed E-state index contributed by atoms with van der Waals surface area (Å²) in [6.07, 6.45) is 1.55. The van der Waals surface area contributed by atoms with E-state index in [1.165, 1.54) is 5.56 Å². The molecule has 2 aromatic rings. The predicted octanol–water partition coefficient (Wildman–Crippen LogP) is 3.33. The van der Waals surface area contributed by atoms with Gasteiger partial charge in [-0.3, -0.25) is 4.79 Å². The molecule has 0 spiro atoms. The molecule has 2 aromatic carbocycles. The third-order valence-electron chi connectivity index (χ3n) is 3.12. The predicted molar refractivity (Wildman–Crippen MR) is 88.7 cm³/mol. The summed E-state index contributed by atoms with van der Waals surface area (Å²) in [4.78, 5) is 11.9. The smallest absolute Gasteiger partial charge is 0.250 e. The molecule has 4 nitrogen and oxygen atoms in total. The van der Waals surface area contributed by atoms with Crippen LogP contribution in [-0.4, -0.2) is 13.0 Å². The van der Waals surface area contributed by atoms with Gasteiger partial charge in [0.05, 0.1) is 7.11 Å². The lowest BCUT2D eigenvalue weighted by Crippen LogP contribution is -2.15. The topological polar surface area (TPSA) is 50.4 Å². The number of hydrogen-bond donors (Lipinski definition) is 2. The van der Waals surface area contributed by atoms with Gasteiger partial charge in [0.15, 0.2) is 0 Å². The standard InChI is InChI=1S/C18H20N2O2/c1-14(19-13-15-6-4-3-5-7-15)12-18(21)20-16-8-10-17(22-2)11-9-16/h3-12,19H,13H2,1-2H3,(H,20,21)/b14-12+. The Hall–Kier alpha value is -2.75. The fraction of sp³-hybridized carbons (Fsp3) is 0.167. The highest BCUT2D eigenvalue weighted by Crippen LogP contribution is 2.14. The van der Waals surface area contributed by atoms with Gasteiger partial charge in [0.1, 0.15) is 5.75 Å². The zero-order chi connectivity index (χ0) is 15.8. The fourth-order valence-corrected chi connectivity index (χ4v) is 1.94. The number of amides is 1. The summed E-state index contributed by atoms with van der Waals surface area (Å²) in [6, 6.07) is 17.3. The van der Waals surface area contributed by atoms with Gasteiger partial charge in [-0.05, 0) is 36.8 Å². The summed E-state index contributed by atoms with van der Waals surface area (Å²) >= 11 is 0. The van der Waals surface area contributed by atoms with Crippen LogP contribution in [0, 0.1) is 0 Å². The quantitative estimate of drug-likeness (QED) is 0.804. The van der Waals surface area contributed by atoms with Gasteiger partial charge >= 0.3 is 0 Å². The Labute approximate surface area is 130 Å². The molecule has 0 fully saturated rings. The average Bonchev–Trinajstić information content (AvgIpc) is 2.54. The zero-order valence-corrected chi connectivity index (χ0v) is 12.8. The Morgan fingerprint density at radius 2 is 1.77 bits per heavy atom. The average molecular weight is 296 g/mol. The van der Waals surface area contributed by atoms with Crippen LogP contribution in [-0.2, 0) is 11.3 Å². The number of allylic oxidation sites excluding steroid dienone is 1. The minimum atomic E-state index is -0.164. The van der Waals surface area contributed by atoms with Gasteiger partial charge in [-0.2, -0.15) is 0 Å². The lowest BCUT2D eigenvalue weighted by atomic mass is 10.2. The summed E-state index contributed by atoms with van der Waals surface area (Å²) in [7, 11) is 1.61. The molecular formula is C18H20N2O2. The summed E-state index contributed by atoms with van der Waals surface area (Å²) in [5.41, 5.74) is 2.72. The maximum absolute atomic E-state index is 11.9. The van der Waals surface area contributed by atoms with Crippen molar-refractivity contribution >= 4 is 11.6 Å². The molecule has 22 heavy (non-hydrogen) atoms. The second-order valence-electron chi connectivity index (χ2n) is 4.88. The molecule has 0 heterocycles. The number of carbonyl (C=O) groups excluding carboxylic acids is 1. The number of rotatable bonds is 6. The van der Waals surface area contributed by atoms with E-state index in [1.807, 2.05) is 37.3 Å². The number of hydrogen-bond acceptors (Lipinski definition) is 3. The molecule has 0 saturated carbocycles. The molecule has 0 aliphatic rings. The molecule has 0 atom stereocenters. The Morgan fingerprint density at radius 3 is 2.41 bits per heavy atom. The van der Waals surface area contributed by atoms with Crippen molar-refractivity contribution in [3.8, 4) is 5.75 Å². The van der Waals surface area contributed by atoms with Crippen molar-refractivity contribution in [2.24, 2.45) is 0 Å². The Morgan fingerprint density at radius 1 is 1.09 bits per heavy atom. The molecule has 0 aromatic heterocycles. The Balaban J connectivity index is 1.86. The van der Waals surface area contributed by atoms with Gasteiger partial charge in [-0.25, -0.2) is 0 Å². The van der Waals surface area contributed by atoms with Crippen LogP contribution in [0.2, 0.25) is 0 Å². The molecule has 0 saturated heterocycles. The fourth-order valence-electron chi connectivity index (χ4n) is 1.94. The zero-order valence-electron chi connectivity index (χ0n) is 12.8. The summed E-state index contributed by atoms with van der Waals surface area (Å²) in [5, 5.41) is 6.03. The highest BCUT2D eigenvalue weighted by atomic mass is 16.5. The molecule has 0 bridgehead atoms. The van der Waals surface area contributed by atoms with Crippen molar-refractivity contribution < 1.29 is 9.53 Å². The number of carbonyl (C=O) groups is 1. The number of ether oxygens (including phenoxy) is 1. The van der Waals surface area contributed by atoms with E-state index >= 15 is 0 Å². The molecule has 4 heteroatoms. The van der Waals surface area contributed by atoms with Crippen LogP contribution in [0.25, 0.3) is 0 Å². The molecule has 114 valence electrons. The van der Waals surface area contributed by atoms with Crippen molar-refractivity contribution in [2.75, 3.05) is 12.4 Å². The summed E-state index contributed by atoms with van der Waals surface area (Å²) < 4.78 is 5.08. The number of nitrogens with one attached hydrogen (secondary N) is 2. The van der Waals surface area contributed by atoms with Crippen LogP contribution in [0.1, 0.15) is 12.5 Å². The normalized spacial score (nSPS) is 10.9. The van der Waals surface area contributed by atoms with Crippen molar-refractivity contribution in [3.63, 3.8) is 0 Å². The second kappa shape index (κ2) is 7.88. The molecule has 0 aliphatic heterocycles. The van der Waals surface area contributed by atoms with E-state index in [2.05, 4.69) is 10.6 Å². The van der Waals surface area contributed by atoms with Crippen molar-refractivity contribution in [1.82, 2.24) is 5.32 Å². The maximum atomic E-state index is 11.9. The molecule has 0 unspecified atom stereocenters. The lowest BCUT2D eigenvalue weighted by Gasteiger charge is -2.07. The summed E-state index contributed by atoms with van der Waals surface area (Å²) in [5.74, 6) is 0.595. The van der Waals surface area contributed by atoms with Gasteiger partial charge in [0, 0.05) is 24.0 Å². The van der Waals surface area contributed by atoms with Gasteiger partial charge in [0.25, 0.3) is 0 Å². The maximum Gasteiger partial charge on any atom is 0.250 e. The van der Waals surface area contributed by atoms with Crippen LogP contribution in [0.5, 0.6) is 5.75 Å². The monoisotopic (exact) mass is 296 g/mol. The second-order valence-corrected chi connectivity index (χ2v) is 4.88. The van der Waals surface area contributed by atoms with Crippen molar-refractivity contribution in [3.05, 3.63) is 71.9 Å². The first kappa shape index (κ1) is 15.6. The largest absolute Gasteiger partial charge is 0.497 e. The summed E-state index contributed by atoms with van der Waals surface area (Å²) in [6.45, 7) is 2.57. The van der Waals surface area contributed by atoms with E-state index in [1.54, 1.807) is 37.5 Å². The van der Waals surface area contributed by atoms with Gasteiger partial charge in [-0.1, -0.05) is 30.3 Å². The first-order chi connectivity index (χ1) is 10.7. The minimum absolute atomic E-state index is 0.164. The van der Waals surface area contributed by atoms with E-state index in [4.69, 9.17) is 4.74 Å². The SMILES string of the molecule is COc1ccc(NC(=O)/C=C(\C)NCc2ccccc2)cc1. The minimum Gasteiger partial charge on any atom is -0.497 e. The van der Waals surface area contributed by atoms with E-state index < -0.39 is 0 Å². The molecular weight excluding hydrogens is 276 g/mol. The number of anilines is 1. The van der Waals surface area contributed by atoms with Crippen LogP contribution >= 0.6 is 0 Å². The van der Waals surface area contributed by atoms with Crippen LogP contribution in [0.3, 0.4) is 0 Å². The highest BCUT2D eigenvalue weighted by Gasteiger charge is 2.00. The molecule has 1 amide bonds. The first-order valence-corrected chi connectivity index (χ1v) is 7.08. The lowest BCUT2D eigenvalue weighted by molar-refractivity contribution is -0.112. The first-order valence-electron chi connectivity index (χ1n) is 7.08. The van der Waals surface area contributed by atoms with E-state index in [0.717, 1.165) is 17.1 Å². The van der Waals surface area contributed by atoms with E-state index in [-0.39, 0.29) is 5.91 Å². The van der Waals surface area contributed by atoms with Gasteiger partial charge in [0.2, 0.25) is 5.91 Å². The van der Waals surface area contributed by atoms with Gasteiger partial charge in [-0.15, -0.1) is 0 Å². The number of benzene rings is 2. The third-order valence-corrected chi connectivity index (χ3v) is 3.12. The van der Waals surface area contributed by atoms with Crippen LogP contribution in [0.4, 0.5) is 5.69 Å².